The van der Waals surface area contributed by atoms with Gasteiger partial charge in [-0.2, -0.15) is 13.1 Å². The quantitative estimate of drug-likeness (QED) is 0.603. The van der Waals surface area contributed by atoms with Crippen LogP contribution in [-0.4, -0.2) is 34.6 Å². The van der Waals surface area contributed by atoms with Gasteiger partial charge in [0.15, 0.2) is 0 Å². The summed E-state index contributed by atoms with van der Waals surface area (Å²) in [6.07, 6.45) is 3.89. The summed E-state index contributed by atoms with van der Waals surface area (Å²) in [4.78, 5) is 0. The molecule has 0 radical (unpaired) electrons. The van der Waals surface area contributed by atoms with Gasteiger partial charge in [-0.25, -0.2) is 4.72 Å². The van der Waals surface area contributed by atoms with Crippen molar-refractivity contribution in [2.24, 2.45) is 0 Å². The second-order valence-electron chi connectivity index (χ2n) is 3.66. The van der Waals surface area contributed by atoms with Gasteiger partial charge in [0.1, 0.15) is 0 Å². The Kier molecular flexibility index (Phi) is 4.31. The summed E-state index contributed by atoms with van der Waals surface area (Å²) in [5.41, 5.74) is 0. The van der Waals surface area contributed by atoms with E-state index in [2.05, 4.69) is 14.8 Å². The fraction of sp³-hybridized carbons (Fsp3) is 1.00. The minimum atomic E-state index is -3.26. The van der Waals surface area contributed by atoms with Crippen molar-refractivity contribution >= 4 is 10.2 Å². The normalized spacial score (nSPS) is 29.0. The highest BCUT2D eigenvalue weighted by Gasteiger charge is 2.22. The van der Waals surface area contributed by atoms with E-state index >= 15 is 0 Å². The number of nitrogens with one attached hydrogen (secondary N) is 3. The highest BCUT2D eigenvalue weighted by atomic mass is 32.2. The van der Waals surface area contributed by atoms with E-state index in [0.717, 1.165) is 25.7 Å². The third-order valence-electron chi connectivity index (χ3n) is 2.73. The molecule has 5 nitrogen and oxygen atoms in total. The zero-order valence-electron chi connectivity index (χ0n) is 8.71. The predicted octanol–water partition coefficient (Wildman–Crippen LogP) is -0.429. The SMILES string of the molecule is CNC1CCC(NS(=O)(=O)NC)CC1. The Morgan fingerprint density at radius 2 is 1.50 bits per heavy atom. The molecule has 1 fully saturated rings. The lowest BCUT2D eigenvalue weighted by Crippen LogP contribution is -2.44. The molecule has 3 N–H and O–H groups in total. The molecule has 0 unspecified atom stereocenters. The lowest BCUT2D eigenvalue weighted by molar-refractivity contribution is 0.342. The van der Waals surface area contributed by atoms with Crippen molar-refractivity contribution in [2.45, 2.75) is 37.8 Å². The molecule has 1 rings (SSSR count). The first-order valence-electron chi connectivity index (χ1n) is 4.95. The maximum absolute atomic E-state index is 11.2. The summed E-state index contributed by atoms with van der Waals surface area (Å²) >= 11 is 0. The molecular formula is C8H19N3O2S. The largest absolute Gasteiger partial charge is 0.317 e. The van der Waals surface area contributed by atoms with Crippen LogP contribution < -0.4 is 14.8 Å². The van der Waals surface area contributed by atoms with Crippen LogP contribution in [0.15, 0.2) is 0 Å². The summed E-state index contributed by atoms with van der Waals surface area (Å²) in [6, 6.07) is 0.641. The fourth-order valence-corrected chi connectivity index (χ4v) is 2.57. The Morgan fingerprint density at radius 1 is 1.00 bits per heavy atom. The number of hydrogen-bond acceptors (Lipinski definition) is 3. The summed E-state index contributed by atoms with van der Waals surface area (Å²) in [6.45, 7) is 0. The second kappa shape index (κ2) is 5.06. The molecule has 1 aliphatic rings. The average Bonchev–Trinajstić information content (AvgIpc) is 2.19. The van der Waals surface area contributed by atoms with Gasteiger partial charge in [0, 0.05) is 19.1 Å². The van der Waals surface area contributed by atoms with E-state index in [1.807, 2.05) is 7.05 Å². The first-order valence-corrected chi connectivity index (χ1v) is 6.44. The molecule has 0 aromatic heterocycles. The van der Waals surface area contributed by atoms with Crippen LogP contribution in [-0.2, 0) is 10.2 Å². The van der Waals surface area contributed by atoms with E-state index in [0.29, 0.717) is 6.04 Å². The minimum absolute atomic E-state index is 0.0945. The molecule has 0 amide bonds. The van der Waals surface area contributed by atoms with Crippen LogP contribution in [0.2, 0.25) is 0 Å². The standard InChI is InChI=1S/C8H19N3O2S/c1-9-7-3-5-8(6-4-7)11-14(12,13)10-2/h7-11H,3-6H2,1-2H3. The molecule has 0 bridgehead atoms. The Bertz CT molecular complexity index is 258. The molecule has 1 saturated carbocycles. The van der Waals surface area contributed by atoms with Crippen LogP contribution in [0.1, 0.15) is 25.7 Å². The summed E-state index contributed by atoms with van der Waals surface area (Å²) in [5.74, 6) is 0. The van der Waals surface area contributed by atoms with E-state index in [9.17, 15) is 8.42 Å². The summed E-state index contributed by atoms with van der Waals surface area (Å²) in [5, 5.41) is 3.21. The van der Waals surface area contributed by atoms with Crippen molar-refractivity contribution < 1.29 is 8.42 Å². The smallest absolute Gasteiger partial charge is 0.276 e. The van der Waals surface area contributed by atoms with Crippen LogP contribution in [0.3, 0.4) is 0 Å². The van der Waals surface area contributed by atoms with E-state index in [1.165, 1.54) is 7.05 Å². The first-order chi connectivity index (χ1) is 6.57. The van der Waals surface area contributed by atoms with Crippen LogP contribution in [0.5, 0.6) is 0 Å². The molecule has 1 aliphatic carbocycles. The highest BCUT2D eigenvalue weighted by molar-refractivity contribution is 7.87. The summed E-state index contributed by atoms with van der Waals surface area (Å²) < 4.78 is 27.2. The van der Waals surface area contributed by atoms with E-state index < -0.39 is 10.2 Å². The van der Waals surface area contributed by atoms with Crippen LogP contribution in [0, 0.1) is 0 Å². The first kappa shape index (κ1) is 11.9. The Morgan fingerprint density at radius 3 is 1.93 bits per heavy atom. The Balaban J connectivity index is 2.36. The van der Waals surface area contributed by atoms with Gasteiger partial charge in [-0.1, -0.05) is 0 Å². The zero-order chi connectivity index (χ0) is 10.6. The molecular weight excluding hydrogens is 202 g/mol. The van der Waals surface area contributed by atoms with E-state index in [-0.39, 0.29) is 6.04 Å². The predicted molar refractivity (Wildman–Crippen MR) is 56.2 cm³/mol. The van der Waals surface area contributed by atoms with Crippen molar-refractivity contribution in [3.8, 4) is 0 Å². The molecule has 84 valence electrons. The lowest BCUT2D eigenvalue weighted by Gasteiger charge is -2.28. The van der Waals surface area contributed by atoms with Gasteiger partial charge in [0.25, 0.3) is 10.2 Å². The molecule has 0 aromatic carbocycles. The van der Waals surface area contributed by atoms with Crippen molar-refractivity contribution in [3.05, 3.63) is 0 Å². The molecule has 0 aliphatic heterocycles. The van der Waals surface area contributed by atoms with E-state index in [4.69, 9.17) is 0 Å². The molecule has 0 heterocycles. The van der Waals surface area contributed by atoms with E-state index in [1.54, 1.807) is 0 Å². The zero-order valence-corrected chi connectivity index (χ0v) is 9.52. The second-order valence-corrected chi connectivity index (χ2v) is 5.31. The molecule has 0 spiro atoms. The lowest BCUT2D eigenvalue weighted by atomic mass is 9.92. The van der Waals surface area contributed by atoms with Gasteiger partial charge < -0.3 is 5.32 Å². The Labute approximate surface area is 85.8 Å². The monoisotopic (exact) mass is 221 g/mol. The maximum atomic E-state index is 11.2. The van der Waals surface area contributed by atoms with Gasteiger partial charge in [-0.15, -0.1) is 0 Å². The number of hydrogen-bond donors (Lipinski definition) is 3. The van der Waals surface area contributed by atoms with Crippen molar-refractivity contribution in [2.75, 3.05) is 14.1 Å². The van der Waals surface area contributed by atoms with Gasteiger partial charge in [0.2, 0.25) is 0 Å². The third-order valence-corrected chi connectivity index (χ3v) is 3.91. The van der Waals surface area contributed by atoms with Crippen LogP contribution in [0.25, 0.3) is 0 Å². The minimum Gasteiger partial charge on any atom is -0.317 e. The Hall–Kier alpha value is -0.170. The van der Waals surface area contributed by atoms with Gasteiger partial charge in [0.05, 0.1) is 0 Å². The van der Waals surface area contributed by atoms with Crippen LogP contribution in [0.4, 0.5) is 0 Å². The third kappa shape index (κ3) is 3.53. The molecule has 0 atom stereocenters. The van der Waals surface area contributed by atoms with Crippen molar-refractivity contribution in [1.29, 1.82) is 0 Å². The fourth-order valence-electron chi connectivity index (χ4n) is 1.78. The molecule has 0 saturated heterocycles. The molecule has 6 heteroatoms. The topological polar surface area (TPSA) is 70.2 Å². The summed E-state index contributed by atoms with van der Waals surface area (Å²) in [7, 11) is 0.102. The van der Waals surface area contributed by atoms with Gasteiger partial charge in [-0.05, 0) is 32.7 Å². The van der Waals surface area contributed by atoms with Crippen LogP contribution >= 0.6 is 0 Å². The highest BCUT2D eigenvalue weighted by Crippen LogP contribution is 2.18. The van der Waals surface area contributed by atoms with Crippen molar-refractivity contribution in [1.82, 2.24) is 14.8 Å². The average molecular weight is 221 g/mol. The van der Waals surface area contributed by atoms with Gasteiger partial charge >= 0.3 is 0 Å². The molecule has 0 aromatic rings. The number of rotatable bonds is 4. The van der Waals surface area contributed by atoms with Crippen molar-refractivity contribution in [3.63, 3.8) is 0 Å². The maximum Gasteiger partial charge on any atom is 0.276 e. The van der Waals surface area contributed by atoms with Gasteiger partial charge in [-0.3, -0.25) is 0 Å². The molecule has 14 heavy (non-hydrogen) atoms.